The molecule has 0 unspecified atom stereocenters. The molecule has 0 saturated carbocycles. The first-order valence-corrected chi connectivity index (χ1v) is 7.28. The first-order chi connectivity index (χ1) is 10.3. The summed E-state index contributed by atoms with van der Waals surface area (Å²) in [6.45, 7) is 2.03. The molecule has 0 spiro atoms. The Balaban J connectivity index is 0.00000176. The second-order valence-electron chi connectivity index (χ2n) is 5.22. The van der Waals surface area contributed by atoms with Gasteiger partial charge in [0.15, 0.2) is 0 Å². The van der Waals surface area contributed by atoms with Gasteiger partial charge < -0.3 is 15.4 Å². The van der Waals surface area contributed by atoms with Gasteiger partial charge in [0, 0.05) is 17.3 Å². The van der Waals surface area contributed by atoms with E-state index in [1.54, 1.807) is 6.20 Å². The van der Waals surface area contributed by atoms with Crippen molar-refractivity contribution in [3.05, 3.63) is 36.5 Å². The first kappa shape index (κ1) is 16.7. The lowest BCUT2D eigenvalue weighted by atomic mass is 10.1. The summed E-state index contributed by atoms with van der Waals surface area (Å²) in [5.41, 5.74) is 1.69. The lowest BCUT2D eigenvalue weighted by molar-refractivity contribution is -0.123. The number of anilines is 1. The Morgan fingerprint density at radius 1 is 1.32 bits per heavy atom. The van der Waals surface area contributed by atoms with Crippen molar-refractivity contribution in [2.75, 3.05) is 25.0 Å². The van der Waals surface area contributed by atoms with E-state index in [1.165, 1.54) is 0 Å². The second-order valence-corrected chi connectivity index (χ2v) is 5.22. The van der Waals surface area contributed by atoms with Gasteiger partial charge in [-0.05, 0) is 50.2 Å². The molecule has 0 atom stereocenters. The minimum atomic E-state index is -0.114. The number of hydrogen-bond donors (Lipinski definition) is 2. The van der Waals surface area contributed by atoms with Crippen LogP contribution in [0.4, 0.5) is 5.69 Å². The molecule has 0 aliphatic carbocycles. The summed E-state index contributed by atoms with van der Waals surface area (Å²) >= 11 is 0. The molecule has 5 nitrogen and oxygen atoms in total. The summed E-state index contributed by atoms with van der Waals surface area (Å²) in [7, 11) is 0. The zero-order valence-corrected chi connectivity index (χ0v) is 13.1. The third kappa shape index (κ3) is 4.40. The van der Waals surface area contributed by atoms with E-state index < -0.39 is 0 Å². The second kappa shape index (κ2) is 8.08. The average molecular weight is 322 g/mol. The molecule has 1 aliphatic rings. The van der Waals surface area contributed by atoms with Gasteiger partial charge in [-0.1, -0.05) is 6.07 Å². The number of carbonyl (C=O) groups is 1. The summed E-state index contributed by atoms with van der Waals surface area (Å²) in [5.74, 6) is -0.114. The molecule has 118 valence electrons. The van der Waals surface area contributed by atoms with Crippen molar-refractivity contribution in [3.63, 3.8) is 0 Å². The number of carbonyl (C=O) groups excluding carboxylic acids is 1. The molecule has 0 bridgehead atoms. The minimum Gasteiger partial charge on any atom is -0.368 e. The highest BCUT2D eigenvalue weighted by Crippen LogP contribution is 2.17. The van der Waals surface area contributed by atoms with Crippen molar-refractivity contribution in [3.8, 4) is 0 Å². The summed E-state index contributed by atoms with van der Waals surface area (Å²) < 4.78 is 5.64. The van der Waals surface area contributed by atoms with Gasteiger partial charge in [-0.2, -0.15) is 0 Å². The van der Waals surface area contributed by atoms with Crippen LogP contribution in [-0.2, 0) is 9.53 Å². The predicted octanol–water partition coefficient (Wildman–Crippen LogP) is 2.36. The van der Waals surface area contributed by atoms with Crippen LogP contribution in [0.15, 0.2) is 36.5 Å². The fourth-order valence-corrected chi connectivity index (χ4v) is 2.51. The topological polar surface area (TPSA) is 63.2 Å². The number of pyridine rings is 1. The molecule has 1 amide bonds. The van der Waals surface area contributed by atoms with E-state index in [1.807, 2.05) is 30.3 Å². The summed E-state index contributed by atoms with van der Waals surface area (Å²) in [6.07, 6.45) is 3.88. The Morgan fingerprint density at radius 3 is 2.95 bits per heavy atom. The molecular weight excluding hydrogens is 302 g/mol. The van der Waals surface area contributed by atoms with Crippen molar-refractivity contribution in [2.45, 2.75) is 18.9 Å². The fraction of sp³-hybridized carbons (Fsp3) is 0.375. The van der Waals surface area contributed by atoms with Crippen LogP contribution in [0.3, 0.4) is 0 Å². The Hall–Kier alpha value is -1.69. The highest BCUT2D eigenvalue weighted by Gasteiger charge is 2.14. The van der Waals surface area contributed by atoms with E-state index in [-0.39, 0.29) is 31.0 Å². The van der Waals surface area contributed by atoms with Crippen molar-refractivity contribution < 1.29 is 9.53 Å². The lowest BCUT2D eigenvalue weighted by Gasteiger charge is -2.22. The highest BCUT2D eigenvalue weighted by atomic mass is 35.5. The van der Waals surface area contributed by atoms with E-state index in [0.29, 0.717) is 0 Å². The molecule has 1 fully saturated rings. The normalized spacial score (nSPS) is 15.3. The molecule has 1 saturated heterocycles. The fourth-order valence-electron chi connectivity index (χ4n) is 2.51. The Labute approximate surface area is 135 Å². The van der Waals surface area contributed by atoms with Gasteiger partial charge in [0.1, 0.15) is 6.61 Å². The summed E-state index contributed by atoms with van der Waals surface area (Å²) in [5, 5.41) is 7.15. The SMILES string of the molecule is Cl.O=C(COC1CCNCC1)Nc1ccc2ncccc2c1. The third-order valence-corrected chi connectivity index (χ3v) is 3.62. The summed E-state index contributed by atoms with van der Waals surface area (Å²) in [4.78, 5) is 16.2. The molecule has 1 aromatic heterocycles. The van der Waals surface area contributed by atoms with Crippen LogP contribution >= 0.6 is 12.4 Å². The molecule has 2 aromatic rings. The standard InChI is InChI=1S/C16H19N3O2.ClH/c20-16(11-21-14-5-8-17-9-6-14)19-13-3-4-15-12(10-13)2-1-7-18-15;/h1-4,7,10,14,17H,5-6,8-9,11H2,(H,19,20);1H. The number of benzene rings is 1. The summed E-state index contributed by atoms with van der Waals surface area (Å²) in [6, 6.07) is 9.54. The molecule has 2 N–H and O–H groups in total. The average Bonchev–Trinajstić information content (AvgIpc) is 2.54. The van der Waals surface area contributed by atoms with Crippen LogP contribution in [0.1, 0.15) is 12.8 Å². The number of aromatic nitrogens is 1. The minimum absolute atomic E-state index is 0. The van der Waals surface area contributed by atoms with Crippen LogP contribution in [0.25, 0.3) is 10.9 Å². The number of fused-ring (bicyclic) bond motifs is 1. The van der Waals surface area contributed by atoms with Crippen LogP contribution in [0, 0.1) is 0 Å². The van der Waals surface area contributed by atoms with Crippen molar-refractivity contribution in [1.82, 2.24) is 10.3 Å². The number of hydrogen-bond acceptors (Lipinski definition) is 4. The number of nitrogens with zero attached hydrogens (tertiary/aromatic N) is 1. The maximum absolute atomic E-state index is 11.9. The molecule has 3 rings (SSSR count). The van der Waals surface area contributed by atoms with Crippen LogP contribution < -0.4 is 10.6 Å². The van der Waals surface area contributed by atoms with Gasteiger partial charge in [-0.25, -0.2) is 0 Å². The Morgan fingerprint density at radius 2 is 2.14 bits per heavy atom. The van der Waals surface area contributed by atoms with Gasteiger partial charge >= 0.3 is 0 Å². The predicted molar refractivity (Wildman–Crippen MR) is 89.5 cm³/mol. The molecule has 6 heteroatoms. The monoisotopic (exact) mass is 321 g/mol. The van der Waals surface area contributed by atoms with Gasteiger partial charge in [-0.3, -0.25) is 9.78 Å². The van der Waals surface area contributed by atoms with Gasteiger partial charge in [0.2, 0.25) is 5.91 Å². The number of nitrogens with one attached hydrogen (secondary N) is 2. The van der Waals surface area contributed by atoms with E-state index in [2.05, 4.69) is 15.6 Å². The smallest absolute Gasteiger partial charge is 0.250 e. The largest absolute Gasteiger partial charge is 0.368 e. The Kier molecular flexibility index (Phi) is 6.12. The Bertz CT molecular complexity index is 630. The third-order valence-electron chi connectivity index (χ3n) is 3.62. The molecule has 22 heavy (non-hydrogen) atoms. The number of amides is 1. The van der Waals surface area contributed by atoms with E-state index in [4.69, 9.17) is 4.74 Å². The van der Waals surface area contributed by atoms with Crippen molar-refractivity contribution in [2.24, 2.45) is 0 Å². The van der Waals surface area contributed by atoms with Crippen LogP contribution in [0.2, 0.25) is 0 Å². The van der Waals surface area contributed by atoms with Gasteiger partial charge in [0.05, 0.1) is 11.6 Å². The highest BCUT2D eigenvalue weighted by molar-refractivity contribution is 5.94. The molecule has 1 aliphatic heterocycles. The number of rotatable bonds is 4. The van der Waals surface area contributed by atoms with Gasteiger partial charge in [0.25, 0.3) is 0 Å². The molecule has 0 radical (unpaired) electrons. The lowest BCUT2D eigenvalue weighted by Crippen LogP contribution is -2.34. The molecular formula is C16H20ClN3O2. The number of ether oxygens (including phenoxy) is 1. The van der Waals surface area contributed by atoms with E-state index in [0.717, 1.165) is 42.5 Å². The number of halogens is 1. The zero-order chi connectivity index (χ0) is 14.5. The van der Waals surface area contributed by atoms with Crippen LogP contribution in [0.5, 0.6) is 0 Å². The van der Waals surface area contributed by atoms with E-state index >= 15 is 0 Å². The van der Waals surface area contributed by atoms with E-state index in [9.17, 15) is 4.79 Å². The first-order valence-electron chi connectivity index (χ1n) is 7.28. The maximum atomic E-state index is 11.9. The quantitative estimate of drug-likeness (QED) is 0.907. The molecule has 2 heterocycles. The zero-order valence-electron chi connectivity index (χ0n) is 12.2. The molecule has 1 aromatic carbocycles. The van der Waals surface area contributed by atoms with Gasteiger partial charge in [-0.15, -0.1) is 12.4 Å². The van der Waals surface area contributed by atoms with Crippen molar-refractivity contribution >= 4 is 34.9 Å². The van der Waals surface area contributed by atoms with Crippen LogP contribution in [-0.4, -0.2) is 36.7 Å². The number of piperidine rings is 1. The maximum Gasteiger partial charge on any atom is 0.250 e. The van der Waals surface area contributed by atoms with Crippen molar-refractivity contribution in [1.29, 1.82) is 0 Å².